The first kappa shape index (κ1) is 16.3. The molecule has 1 saturated heterocycles. The number of piperidine rings is 1. The van der Waals surface area contributed by atoms with Gasteiger partial charge in [-0.05, 0) is 37.8 Å². The second-order valence-corrected chi connectivity index (χ2v) is 5.77. The van der Waals surface area contributed by atoms with E-state index in [-0.39, 0.29) is 25.5 Å². The number of likely N-dealkylation sites (tertiary alicyclic amines) is 1. The average molecular weight is 307 g/mol. The molecular formula is C16H21NO5. The van der Waals surface area contributed by atoms with Crippen molar-refractivity contribution in [2.24, 2.45) is 0 Å². The van der Waals surface area contributed by atoms with Crippen LogP contribution in [-0.2, 0) is 9.59 Å². The molecular weight excluding hydrogens is 286 g/mol. The van der Waals surface area contributed by atoms with Gasteiger partial charge in [-0.25, -0.2) is 4.79 Å². The molecule has 2 rings (SSSR count). The highest BCUT2D eigenvalue weighted by molar-refractivity contribution is 5.82. The number of aliphatic hydroxyl groups is 1. The molecule has 2 N–H and O–H groups in total. The molecule has 0 aromatic heterocycles. The lowest BCUT2D eigenvalue weighted by atomic mass is 9.93. The van der Waals surface area contributed by atoms with Gasteiger partial charge in [-0.3, -0.25) is 4.79 Å². The van der Waals surface area contributed by atoms with E-state index in [0.717, 1.165) is 11.1 Å². The molecule has 1 aliphatic rings. The van der Waals surface area contributed by atoms with E-state index in [1.165, 1.54) is 4.90 Å². The SMILES string of the molecule is Cc1cccc(C)c1OCC(=O)N1CCCC(O)(C(=O)O)C1. The Balaban J connectivity index is 1.99. The summed E-state index contributed by atoms with van der Waals surface area (Å²) >= 11 is 0. The first-order chi connectivity index (χ1) is 10.3. The third-order valence-corrected chi connectivity index (χ3v) is 3.97. The van der Waals surface area contributed by atoms with Crippen molar-refractivity contribution in [1.82, 2.24) is 4.90 Å². The first-order valence-corrected chi connectivity index (χ1v) is 7.26. The number of aryl methyl sites for hydroxylation is 2. The predicted octanol–water partition coefficient (Wildman–Crippen LogP) is 1.12. The number of aliphatic carboxylic acids is 1. The van der Waals surface area contributed by atoms with E-state index in [9.17, 15) is 14.7 Å². The lowest BCUT2D eigenvalue weighted by molar-refractivity contribution is -0.166. The number of benzene rings is 1. The van der Waals surface area contributed by atoms with Crippen LogP contribution in [0.1, 0.15) is 24.0 Å². The fourth-order valence-corrected chi connectivity index (χ4v) is 2.68. The number of rotatable bonds is 4. The first-order valence-electron chi connectivity index (χ1n) is 7.26. The van der Waals surface area contributed by atoms with Crippen LogP contribution in [0.5, 0.6) is 5.75 Å². The van der Waals surface area contributed by atoms with Crippen LogP contribution in [-0.4, -0.2) is 52.3 Å². The van der Waals surface area contributed by atoms with Crippen LogP contribution in [0.25, 0.3) is 0 Å². The normalized spacial score (nSPS) is 21.5. The molecule has 22 heavy (non-hydrogen) atoms. The van der Waals surface area contributed by atoms with Gasteiger partial charge in [0, 0.05) is 6.54 Å². The van der Waals surface area contributed by atoms with E-state index < -0.39 is 11.6 Å². The van der Waals surface area contributed by atoms with Crippen LogP contribution < -0.4 is 4.74 Å². The minimum absolute atomic E-state index is 0.157. The van der Waals surface area contributed by atoms with Gasteiger partial charge in [0.25, 0.3) is 5.91 Å². The smallest absolute Gasteiger partial charge is 0.337 e. The van der Waals surface area contributed by atoms with Crippen LogP contribution in [0.15, 0.2) is 18.2 Å². The highest BCUT2D eigenvalue weighted by Gasteiger charge is 2.41. The van der Waals surface area contributed by atoms with Crippen LogP contribution in [0.3, 0.4) is 0 Å². The van der Waals surface area contributed by atoms with Gasteiger partial charge < -0.3 is 19.8 Å². The quantitative estimate of drug-likeness (QED) is 0.870. The van der Waals surface area contributed by atoms with Crippen LogP contribution in [0.4, 0.5) is 0 Å². The molecule has 1 heterocycles. The molecule has 0 radical (unpaired) electrons. The van der Waals surface area contributed by atoms with E-state index in [1.54, 1.807) is 0 Å². The van der Waals surface area contributed by atoms with Crippen LogP contribution in [0.2, 0.25) is 0 Å². The number of amides is 1. The molecule has 0 aliphatic carbocycles. The van der Waals surface area contributed by atoms with Gasteiger partial charge in [0.2, 0.25) is 0 Å². The fraction of sp³-hybridized carbons (Fsp3) is 0.500. The predicted molar refractivity (Wildman–Crippen MR) is 79.8 cm³/mol. The number of hydrogen-bond donors (Lipinski definition) is 2. The summed E-state index contributed by atoms with van der Waals surface area (Å²) in [5.41, 5.74) is 0.0222. The Kier molecular flexibility index (Phi) is 4.71. The van der Waals surface area contributed by atoms with E-state index in [1.807, 2.05) is 32.0 Å². The molecule has 1 atom stereocenters. The molecule has 1 aromatic carbocycles. The van der Waals surface area contributed by atoms with Crippen molar-refractivity contribution in [3.8, 4) is 5.75 Å². The molecule has 0 spiro atoms. The lowest BCUT2D eigenvalue weighted by Gasteiger charge is -2.36. The largest absolute Gasteiger partial charge is 0.483 e. The van der Waals surface area contributed by atoms with E-state index in [4.69, 9.17) is 9.84 Å². The molecule has 1 aliphatic heterocycles. The standard InChI is InChI=1S/C16H21NO5/c1-11-5-3-6-12(2)14(11)22-9-13(18)17-8-4-7-16(21,10-17)15(19)20/h3,5-6,21H,4,7-10H2,1-2H3,(H,19,20). The maximum Gasteiger partial charge on any atom is 0.337 e. The zero-order chi connectivity index (χ0) is 16.3. The Morgan fingerprint density at radius 2 is 1.95 bits per heavy atom. The van der Waals surface area contributed by atoms with E-state index in [2.05, 4.69) is 0 Å². The van der Waals surface area contributed by atoms with Gasteiger partial charge in [-0.1, -0.05) is 18.2 Å². The molecule has 6 nitrogen and oxygen atoms in total. The minimum atomic E-state index is -1.85. The van der Waals surface area contributed by atoms with Crippen LogP contribution in [0, 0.1) is 13.8 Å². The van der Waals surface area contributed by atoms with Crippen molar-refractivity contribution in [2.45, 2.75) is 32.3 Å². The summed E-state index contributed by atoms with van der Waals surface area (Å²) in [6, 6.07) is 5.71. The van der Waals surface area contributed by atoms with Gasteiger partial charge in [0.05, 0.1) is 6.54 Å². The summed E-state index contributed by atoms with van der Waals surface area (Å²) in [5.74, 6) is -0.941. The Hall–Kier alpha value is -2.08. The van der Waals surface area contributed by atoms with E-state index >= 15 is 0 Å². The number of para-hydroxylation sites is 1. The van der Waals surface area contributed by atoms with Crippen molar-refractivity contribution in [3.63, 3.8) is 0 Å². The molecule has 0 bridgehead atoms. The summed E-state index contributed by atoms with van der Waals surface area (Å²) in [7, 11) is 0. The maximum absolute atomic E-state index is 12.2. The molecule has 120 valence electrons. The van der Waals surface area contributed by atoms with Crippen molar-refractivity contribution in [3.05, 3.63) is 29.3 Å². The monoisotopic (exact) mass is 307 g/mol. The van der Waals surface area contributed by atoms with Crippen molar-refractivity contribution in [2.75, 3.05) is 19.7 Å². The minimum Gasteiger partial charge on any atom is -0.483 e. The van der Waals surface area contributed by atoms with Gasteiger partial charge in [-0.2, -0.15) is 0 Å². The lowest BCUT2D eigenvalue weighted by Crippen LogP contribution is -2.55. The number of ether oxygens (including phenoxy) is 1. The topological polar surface area (TPSA) is 87.1 Å². The van der Waals surface area contributed by atoms with Gasteiger partial charge in [0.1, 0.15) is 5.75 Å². The highest BCUT2D eigenvalue weighted by atomic mass is 16.5. The Morgan fingerprint density at radius 3 is 2.55 bits per heavy atom. The summed E-state index contributed by atoms with van der Waals surface area (Å²) in [6.07, 6.45) is 0.613. The zero-order valence-electron chi connectivity index (χ0n) is 12.8. The van der Waals surface area contributed by atoms with E-state index in [0.29, 0.717) is 18.7 Å². The zero-order valence-corrected chi connectivity index (χ0v) is 12.8. The third kappa shape index (κ3) is 3.39. The molecule has 1 fully saturated rings. The van der Waals surface area contributed by atoms with Crippen LogP contribution >= 0.6 is 0 Å². The van der Waals surface area contributed by atoms with Crippen molar-refractivity contribution in [1.29, 1.82) is 0 Å². The Labute approximate surface area is 129 Å². The molecule has 1 aromatic rings. The number of carboxylic acids is 1. The number of carbonyl (C=O) groups excluding carboxylic acids is 1. The van der Waals surface area contributed by atoms with Gasteiger partial charge >= 0.3 is 5.97 Å². The number of carbonyl (C=O) groups is 2. The number of carboxylic acid groups (broad SMARTS) is 1. The summed E-state index contributed by atoms with van der Waals surface area (Å²) < 4.78 is 5.59. The summed E-state index contributed by atoms with van der Waals surface area (Å²) in [4.78, 5) is 24.6. The molecule has 1 unspecified atom stereocenters. The number of β-amino-alcohol motifs (C(OH)–C–C–N with tert-alkyl or cyclic N) is 1. The number of nitrogens with zero attached hydrogens (tertiary/aromatic N) is 1. The highest BCUT2D eigenvalue weighted by Crippen LogP contribution is 2.24. The third-order valence-electron chi connectivity index (χ3n) is 3.97. The summed E-state index contributed by atoms with van der Waals surface area (Å²) in [5, 5.41) is 19.1. The second-order valence-electron chi connectivity index (χ2n) is 5.77. The van der Waals surface area contributed by atoms with Crippen molar-refractivity contribution < 1.29 is 24.5 Å². The maximum atomic E-state index is 12.2. The van der Waals surface area contributed by atoms with Crippen molar-refractivity contribution >= 4 is 11.9 Å². The molecule has 0 saturated carbocycles. The van der Waals surface area contributed by atoms with Gasteiger partial charge in [0.15, 0.2) is 12.2 Å². The Bertz CT molecular complexity index is 566. The average Bonchev–Trinajstić information content (AvgIpc) is 2.46. The Morgan fingerprint density at radius 1 is 1.32 bits per heavy atom. The molecule has 1 amide bonds. The molecule has 6 heteroatoms. The number of hydrogen-bond acceptors (Lipinski definition) is 4. The fourth-order valence-electron chi connectivity index (χ4n) is 2.68. The summed E-state index contributed by atoms with van der Waals surface area (Å²) in [6.45, 7) is 3.87. The van der Waals surface area contributed by atoms with Gasteiger partial charge in [-0.15, -0.1) is 0 Å². The second kappa shape index (κ2) is 6.36.